The Labute approximate surface area is 162 Å². The van der Waals surface area contributed by atoms with Crippen molar-refractivity contribution >= 4 is 34.6 Å². The molecule has 0 unspecified atom stereocenters. The lowest BCUT2D eigenvalue weighted by Crippen LogP contribution is -3.15. The van der Waals surface area contributed by atoms with E-state index in [1.807, 2.05) is 13.0 Å². The Morgan fingerprint density at radius 3 is 2.52 bits per heavy atom. The van der Waals surface area contributed by atoms with Gasteiger partial charge in [0, 0.05) is 28.5 Å². The van der Waals surface area contributed by atoms with Crippen molar-refractivity contribution < 1.29 is 14.6 Å². The molecule has 0 aliphatic carbocycles. The van der Waals surface area contributed by atoms with Gasteiger partial charge in [-0.05, 0) is 36.8 Å². The zero-order chi connectivity index (χ0) is 19.4. The predicted octanol–water partition coefficient (Wildman–Crippen LogP) is 1.90. The first kappa shape index (κ1) is 19.1. The summed E-state index contributed by atoms with van der Waals surface area (Å²) in [7, 11) is 0. The molecule has 1 aliphatic rings. The maximum Gasteiger partial charge on any atom is 0.279 e. The lowest BCUT2D eigenvalue weighted by molar-refractivity contribution is -0.892. The molecule has 0 aromatic heterocycles. The number of non-ortho nitro benzene ring substituents is 1. The van der Waals surface area contributed by atoms with Crippen molar-refractivity contribution in [3.05, 3.63) is 63.2 Å². The molecule has 2 aromatic carbocycles. The van der Waals surface area contributed by atoms with Crippen LogP contribution in [0.1, 0.15) is 5.56 Å². The third kappa shape index (κ3) is 4.96. The van der Waals surface area contributed by atoms with Crippen LogP contribution in [0.25, 0.3) is 0 Å². The molecule has 8 heteroatoms. The second-order valence-electron chi connectivity index (χ2n) is 6.69. The molecular weight excluding hydrogens is 368 g/mol. The number of halogens is 1. The summed E-state index contributed by atoms with van der Waals surface area (Å²) in [4.78, 5) is 26.1. The van der Waals surface area contributed by atoms with Gasteiger partial charge in [0.1, 0.15) is 0 Å². The zero-order valence-electron chi connectivity index (χ0n) is 15.1. The molecule has 0 atom stereocenters. The Morgan fingerprint density at radius 2 is 1.89 bits per heavy atom. The minimum atomic E-state index is -0.397. The summed E-state index contributed by atoms with van der Waals surface area (Å²) >= 11 is 5.99. The van der Waals surface area contributed by atoms with Crippen molar-refractivity contribution in [2.45, 2.75) is 6.92 Å². The maximum absolute atomic E-state index is 12.3. The summed E-state index contributed by atoms with van der Waals surface area (Å²) in [5.74, 6) is -0.0286. The van der Waals surface area contributed by atoms with Crippen molar-refractivity contribution in [3.63, 3.8) is 0 Å². The first-order chi connectivity index (χ1) is 12.9. The van der Waals surface area contributed by atoms with Gasteiger partial charge in [-0.3, -0.25) is 14.9 Å². The zero-order valence-corrected chi connectivity index (χ0v) is 15.8. The second-order valence-corrected chi connectivity index (χ2v) is 7.13. The molecule has 1 aliphatic heterocycles. The van der Waals surface area contributed by atoms with Crippen LogP contribution in [0.2, 0.25) is 5.02 Å². The molecule has 1 heterocycles. The molecule has 0 saturated carbocycles. The van der Waals surface area contributed by atoms with E-state index in [0.717, 1.165) is 43.1 Å². The van der Waals surface area contributed by atoms with E-state index in [0.29, 0.717) is 11.6 Å². The van der Waals surface area contributed by atoms with E-state index in [1.165, 1.54) is 17.0 Å². The molecule has 3 rings (SSSR count). The normalized spacial score (nSPS) is 14.8. The average molecular weight is 390 g/mol. The molecule has 2 aromatic rings. The number of quaternary nitrogens is 1. The Kier molecular flexibility index (Phi) is 5.93. The van der Waals surface area contributed by atoms with Crippen molar-refractivity contribution in [1.82, 2.24) is 0 Å². The van der Waals surface area contributed by atoms with E-state index in [1.54, 1.807) is 24.3 Å². The molecule has 27 heavy (non-hydrogen) atoms. The van der Waals surface area contributed by atoms with Gasteiger partial charge in [0.15, 0.2) is 6.54 Å². The van der Waals surface area contributed by atoms with E-state index in [9.17, 15) is 14.9 Å². The first-order valence-corrected chi connectivity index (χ1v) is 9.19. The summed E-state index contributed by atoms with van der Waals surface area (Å²) < 4.78 is 0. The maximum atomic E-state index is 12.3. The molecule has 0 bridgehead atoms. The molecule has 7 nitrogen and oxygen atoms in total. The molecule has 1 saturated heterocycles. The van der Waals surface area contributed by atoms with Gasteiger partial charge < -0.3 is 15.1 Å². The number of aryl methyl sites for hydroxylation is 1. The molecule has 2 N–H and O–H groups in total. The largest absolute Gasteiger partial charge is 0.360 e. The van der Waals surface area contributed by atoms with Crippen LogP contribution >= 0.6 is 11.6 Å². The van der Waals surface area contributed by atoms with Gasteiger partial charge in [-0.2, -0.15) is 0 Å². The topological polar surface area (TPSA) is 79.9 Å². The highest BCUT2D eigenvalue weighted by molar-refractivity contribution is 6.31. The summed E-state index contributed by atoms with van der Waals surface area (Å²) in [5.41, 5.74) is 2.79. The van der Waals surface area contributed by atoms with Crippen LogP contribution in [0.4, 0.5) is 17.1 Å². The quantitative estimate of drug-likeness (QED) is 0.604. The second kappa shape index (κ2) is 8.37. The van der Waals surface area contributed by atoms with Gasteiger partial charge in [-0.15, -0.1) is 0 Å². The summed E-state index contributed by atoms with van der Waals surface area (Å²) in [6.45, 7) is 5.60. The predicted molar refractivity (Wildman–Crippen MR) is 106 cm³/mol. The summed E-state index contributed by atoms with van der Waals surface area (Å²) in [5, 5.41) is 14.3. The highest BCUT2D eigenvalue weighted by Gasteiger charge is 2.23. The standard InChI is InChI=1S/C19H21ClN4O3/c1-14-2-3-15(20)12-18(14)21-19(25)13-22-8-10-23(11-9-22)16-4-6-17(7-5-16)24(26)27/h2-7,12H,8-11,13H2,1H3,(H,21,25)/p+1. The third-order valence-corrected chi connectivity index (χ3v) is 5.02. The first-order valence-electron chi connectivity index (χ1n) is 8.81. The van der Waals surface area contributed by atoms with E-state index < -0.39 is 4.92 Å². The van der Waals surface area contributed by atoms with Gasteiger partial charge in [0.25, 0.3) is 11.6 Å². The minimum absolute atomic E-state index is 0.0286. The van der Waals surface area contributed by atoms with Crippen molar-refractivity contribution in [1.29, 1.82) is 0 Å². The SMILES string of the molecule is Cc1ccc(Cl)cc1NC(=O)C[NH+]1CCN(c2ccc([N+](=O)[O-])cc2)CC1. The van der Waals surface area contributed by atoms with Crippen LogP contribution in [-0.2, 0) is 4.79 Å². The fourth-order valence-electron chi connectivity index (χ4n) is 3.19. The van der Waals surface area contributed by atoms with Crippen LogP contribution in [0.3, 0.4) is 0 Å². The number of carbonyl (C=O) groups excluding carboxylic acids is 1. The monoisotopic (exact) mass is 389 g/mol. The van der Waals surface area contributed by atoms with Crippen molar-refractivity contribution in [2.24, 2.45) is 0 Å². The fraction of sp³-hybridized carbons (Fsp3) is 0.316. The van der Waals surface area contributed by atoms with Gasteiger partial charge >= 0.3 is 0 Å². The number of anilines is 2. The number of nitrogens with one attached hydrogen (secondary N) is 2. The molecule has 0 spiro atoms. The summed E-state index contributed by atoms with van der Waals surface area (Å²) in [6, 6.07) is 12.0. The van der Waals surface area contributed by atoms with Crippen LogP contribution in [0.15, 0.2) is 42.5 Å². The molecule has 1 amide bonds. The van der Waals surface area contributed by atoms with Crippen molar-refractivity contribution in [3.8, 4) is 0 Å². The number of hydrogen-bond donors (Lipinski definition) is 2. The Morgan fingerprint density at radius 1 is 1.22 bits per heavy atom. The van der Waals surface area contributed by atoms with E-state index in [4.69, 9.17) is 11.6 Å². The number of piperazine rings is 1. The highest BCUT2D eigenvalue weighted by Crippen LogP contribution is 2.20. The van der Waals surface area contributed by atoms with Crippen molar-refractivity contribution in [2.75, 3.05) is 42.9 Å². The van der Waals surface area contributed by atoms with Gasteiger partial charge in [0.05, 0.1) is 31.1 Å². The number of carbonyl (C=O) groups is 1. The lowest BCUT2D eigenvalue weighted by atomic mass is 10.2. The Balaban J connectivity index is 1.51. The fourth-order valence-corrected chi connectivity index (χ4v) is 3.37. The molecular formula is C19H22ClN4O3+. The number of hydrogen-bond acceptors (Lipinski definition) is 4. The molecule has 1 fully saturated rings. The number of nitro groups is 1. The van der Waals surface area contributed by atoms with Crippen LogP contribution < -0.4 is 15.1 Å². The number of nitrogens with zero attached hydrogens (tertiary/aromatic N) is 2. The van der Waals surface area contributed by atoms with Crippen LogP contribution in [-0.4, -0.2) is 43.6 Å². The number of amides is 1. The molecule has 0 radical (unpaired) electrons. The third-order valence-electron chi connectivity index (χ3n) is 4.78. The Bertz CT molecular complexity index is 833. The van der Waals surface area contributed by atoms with Gasteiger partial charge in [0.2, 0.25) is 0 Å². The van der Waals surface area contributed by atoms with Crippen LogP contribution in [0.5, 0.6) is 0 Å². The minimum Gasteiger partial charge on any atom is -0.360 e. The summed E-state index contributed by atoms with van der Waals surface area (Å²) in [6.07, 6.45) is 0. The van der Waals surface area contributed by atoms with E-state index >= 15 is 0 Å². The number of nitro benzene ring substituents is 1. The smallest absolute Gasteiger partial charge is 0.279 e. The highest BCUT2D eigenvalue weighted by atomic mass is 35.5. The Hall–Kier alpha value is -2.64. The van der Waals surface area contributed by atoms with Gasteiger partial charge in [-0.1, -0.05) is 17.7 Å². The molecule has 142 valence electrons. The number of benzene rings is 2. The lowest BCUT2D eigenvalue weighted by Gasteiger charge is -2.33. The number of rotatable bonds is 5. The van der Waals surface area contributed by atoms with Crippen LogP contribution in [0, 0.1) is 17.0 Å². The van der Waals surface area contributed by atoms with E-state index in [2.05, 4.69) is 10.2 Å². The van der Waals surface area contributed by atoms with E-state index in [-0.39, 0.29) is 11.6 Å². The average Bonchev–Trinajstić information content (AvgIpc) is 2.65. The van der Waals surface area contributed by atoms with Gasteiger partial charge in [-0.25, -0.2) is 0 Å².